The number of hydrogen-bond acceptors (Lipinski definition) is 5. The van der Waals surface area contributed by atoms with E-state index in [0.29, 0.717) is 6.54 Å². The summed E-state index contributed by atoms with van der Waals surface area (Å²) in [6, 6.07) is 7.44. The zero-order valence-electron chi connectivity index (χ0n) is 16.6. The van der Waals surface area contributed by atoms with Crippen LogP contribution in [0.5, 0.6) is 5.75 Å². The van der Waals surface area contributed by atoms with E-state index in [2.05, 4.69) is 9.71 Å². The molecule has 0 bridgehead atoms. The summed E-state index contributed by atoms with van der Waals surface area (Å²) in [7, 11) is -2.51. The summed E-state index contributed by atoms with van der Waals surface area (Å²) in [5, 5.41) is 4.77. The van der Waals surface area contributed by atoms with E-state index in [1.54, 1.807) is 12.4 Å². The van der Waals surface area contributed by atoms with Gasteiger partial charge in [-0.25, -0.2) is 17.5 Å². The van der Waals surface area contributed by atoms with E-state index in [9.17, 15) is 12.8 Å². The van der Waals surface area contributed by atoms with Crippen LogP contribution in [0.15, 0.2) is 47.6 Å². The van der Waals surface area contributed by atoms with Gasteiger partial charge in [-0.3, -0.25) is 9.67 Å². The molecular weight excluding hydrogens is 407 g/mol. The molecule has 2 heterocycles. The molecule has 0 unspecified atom stereocenters. The average molecular weight is 431 g/mol. The lowest BCUT2D eigenvalue weighted by Gasteiger charge is -2.14. The third-order valence-electron chi connectivity index (χ3n) is 5.26. The molecule has 1 aliphatic carbocycles. The number of ether oxygens (including phenoxy) is 1. The summed E-state index contributed by atoms with van der Waals surface area (Å²) in [5.74, 6) is -0.718. The van der Waals surface area contributed by atoms with Crippen LogP contribution in [0.2, 0.25) is 0 Å². The monoisotopic (exact) mass is 430 g/mol. The number of methoxy groups -OCH3 is 1. The van der Waals surface area contributed by atoms with Gasteiger partial charge in [0.25, 0.3) is 0 Å². The standard InChI is InChI=1S/C21H23FN4O3S/c1-29-20-7-6-16(14-18(20)22)30(27,28)24-12-13-26-19-5-3-2-4-17(19)21(25-26)15-8-10-23-11-9-15/h6-11,14,24H,2-5,12-13H2,1H3. The lowest BCUT2D eigenvalue weighted by molar-refractivity contribution is 0.385. The Hall–Kier alpha value is -2.78. The van der Waals surface area contributed by atoms with Crippen LogP contribution in [0.1, 0.15) is 24.1 Å². The minimum absolute atomic E-state index is 0.000704. The molecule has 0 spiro atoms. The number of sulfonamides is 1. The summed E-state index contributed by atoms with van der Waals surface area (Å²) in [6.07, 6.45) is 7.57. The van der Waals surface area contributed by atoms with Crippen LogP contribution in [0, 0.1) is 5.82 Å². The number of nitrogens with zero attached hydrogens (tertiary/aromatic N) is 3. The molecule has 4 rings (SSSR count). The number of hydrogen-bond donors (Lipinski definition) is 1. The van der Waals surface area contributed by atoms with Crippen molar-refractivity contribution in [2.24, 2.45) is 0 Å². The van der Waals surface area contributed by atoms with E-state index in [0.717, 1.165) is 48.7 Å². The van der Waals surface area contributed by atoms with Crippen molar-refractivity contribution in [2.75, 3.05) is 13.7 Å². The topological polar surface area (TPSA) is 86.1 Å². The summed E-state index contributed by atoms with van der Waals surface area (Å²) >= 11 is 0. The van der Waals surface area contributed by atoms with E-state index in [4.69, 9.17) is 9.84 Å². The van der Waals surface area contributed by atoms with Crippen molar-refractivity contribution in [1.82, 2.24) is 19.5 Å². The molecule has 158 valence electrons. The van der Waals surface area contributed by atoms with Crippen molar-refractivity contribution in [2.45, 2.75) is 37.1 Å². The van der Waals surface area contributed by atoms with Crippen molar-refractivity contribution < 1.29 is 17.5 Å². The van der Waals surface area contributed by atoms with Crippen LogP contribution in [0.25, 0.3) is 11.3 Å². The van der Waals surface area contributed by atoms with Gasteiger partial charge in [-0.15, -0.1) is 0 Å². The fourth-order valence-corrected chi connectivity index (χ4v) is 4.81. The number of benzene rings is 1. The average Bonchev–Trinajstić information content (AvgIpc) is 3.13. The maximum absolute atomic E-state index is 13.9. The van der Waals surface area contributed by atoms with Gasteiger partial charge >= 0.3 is 0 Å². The summed E-state index contributed by atoms with van der Waals surface area (Å²) < 4.78 is 48.2. The second-order valence-corrected chi connectivity index (χ2v) is 8.90. The Morgan fingerprint density at radius 3 is 2.67 bits per heavy atom. The minimum atomic E-state index is -3.84. The molecule has 0 radical (unpaired) electrons. The maximum Gasteiger partial charge on any atom is 0.240 e. The fourth-order valence-electron chi connectivity index (χ4n) is 3.78. The van der Waals surface area contributed by atoms with Crippen LogP contribution >= 0.6 is 0 Å². The predicted molar refractivity (Wildman–Crippen MR) is 110 cm³/mol. The molecule has 0 aliphatic heterocycles. The molecule has 0 atom stereocenters. The van der Waals surface area contributed by atoms with Crippen molar-refractivity contribution in [1.29, 1.82) is 0 Å². The summed E-state index contributed by atoms with van der Waals surface area (Å²) in [5.41, 5.74) is 4.33. The third-order valence-corrected chi connectivity index (χ3v) is 6.72. The lowest BCUT2D eigenvalue weighted by Crippen LogP contribution is -2.28. The van der Waals surface area contributed by atoms with Crippen molar-refractivity contribution in [3.63, 3.8) is 0 Å². The van der Waals surface area contributed by atoms with Crippen LogP contribution in [-0.2, 0) is 29.4 Å². The predicted octanol–water partition coefficient (Wildman–Crippen LogP) is 2.95. The Kier molecular flexibility index (Phi) is 5.83. The molecule has 0 amide bonds. The molecule has 1 aromatic carbocycles. The number of halogens is 1. The van der Waals surface area contributed by atoms with Gasteiger partial charge in [0.1, 0.15) is 0 Å². The van der Waals surface area contributed by atoms with Crippen LogP contribution < -0.4 is 9.46 Å². The summed E-state index contributed by atoms with van der Waals surface area (Å²) in [6.45, 7) is 0.547. The van der Waals surface area contributed by atoms with Crippen molar-refractivity contribution in [3.8, 4) is 17.0 Å². The second-order valence-electron chi connectivity index (χ2n) is 7.13. The molecule has 0 saturated heterocycles. The van der Waals surface area contributed by atoms with E-state index in [-0.39, 0.29) is 17.2 Å². The highest BCUT2D eigenvalue weighted by atomic mass is 32.2. The molecule has 0 fully saturated rings. The maximum atomic E-state index is 13.9. The number of pyridine rings is 1. The Labute approximate surface area is 175 Å². The highest BCUT2D eigenvalue weighted by molar-refractivity contribution is 7.89. The van der Waals surface area contributed by atoms with E-state index < -0.39 is 15.8 Å². The smallest absolute Gasteiger partial charge is 0.240 e. The molecule has 0 saturated carbocycles. The van der Waals surface area contributed by atoms with Crippen molar-refractivity contribution >= 4 is 10.0 Å². The first-order valence-electron chi connectivity index (χ1n) is 9.82. The lowest BCUT2D eigenvalue weighted by atomic mass is 9.94. The number of nitrogens with one attached hydrogen (secondary N) is 1. The Morgan fingerprint density at radius 2 is 1.93 bits per heavy atom. The largest absolute Gasteiger partial charge is 0.494 e. The van der Waals surface area contributed by atoms with Gasteiger partial charge in [-0.1, -0.05) is 0 Å². The minimum Gasteiger partial charge on any atom is -0.494 e. The van der Waals surface area contributed by atoms with Crippen molar-refractivity contribution in [3.05, 3.63) is 59.8 Å². The highest BCUT2D eigenvalue weighted by Crippen LogP contribution is 2.31. The normalized spacial score (nSPS) is 13.8. The van der Waals surface area contributed by atoms with Gasteiger partial charge < -0.3 is 4.74 Å². The molecule has 3 aromatic rings. The molecule has 7 nitrogen and oxygen atoms in total. The molecule has 1 aliphatic rings. The number of rotatable bonds is 7. The SMILES string of the molecule is COc1ccc(S(=O)(=O)NCCn2nc(-c3ccncc3)c3c2CCCC3)cc1F. The third kappa shape index (κ3) is 4.08. The molecule has 30 heavy (non-hydrogen) atoms. The van der Waals surface area contributed by atoms with Gasteiger partial charge in [0.2, 0.25) is 10.0 Å². The first kappa shape index (κ1) is 20.5. The van der Waals surface area contributed by atoms with Gasteiger partial charge in [-0.05, 0) is 56.0 Å². The zero-order chi connectivity index (χ0) is 21.1. The van der Waals surface area contributed by atoms with E-state index in [1.165, 1.54) is 24.8 Å². The van der Waals surface area contributed by atoms with Gasteiger partial charge in [0.15, 0.2) is 11.6 Å². The quantitative estimate of drug-likeness (QED) is 0.623. The Bertz CT molecular complexity index is 1150. The van der Waals surface area contributed by atoms with Crippen LogP contribution in [0.3, 0.4) is 0 Å². The van der Waals surface area contributed by atoms with Crippen LogP contribution in [0.4, 0.5) is 4.39 Å². The molecule has 1 N–H and O–H groups in total. The first-order valence-corrected chi connectivity index (χ1v) is 11.3. The fraction of sp³-hybridized carbons (Fsp3) is 0.333. The second kappa shape index (κ2) is 8.53. The molecule has 9 heteroatoms. The molecular formula is C21H23FN4O3S. The van der Waals surface area contributed by atoms with E-state index in [1.807, 2.05) is 16.8 Å². The van der Waals surface area contributed by atoms with Gasteiger partial charge in [-0.2, -0.15) is 5.10 Å². The number of fused-ring (bicyclic) bond motifs is 1. The Balaban J connectivity index is 1.51. The van der Waals surface area contributed by atoms with Gasteiger partial charge in [0.05, 0.1) is 24.2 Å². The van der Waals surface area contributed by atoms with Crippen LogP contribution in [-0.4, -0.2) is 36.8 Å². The first-order chi connectivity index (χ1) is 14.5. The number of aromatic nitrogens is 3. The zero-order valence-corrected chi connectivity index (χ0v) is 17.5. The Morgan fingerprint density at radius 1 is 1.17 bits per heavy atom. The summed E-state index contributed by atoms with van der Waals surface area (Å²) in [4.78, 5) is 3.93. The molecule has 2 aromatic heterocycles. The van der Waals surface area contributed by atoms with Gasteiger partial charge in [0, 0.05) is 35.8 Å². The van der Waals surface area contributed by atoms with E-state index >= 15 is 0 Å². The highest BCUT2D eigenvalue weighted by Gasteiger charge is 2.22.